The van der Waals surface area contributed by atoms with Crippen molar-refractivity contribution in [1.29, 1.82) is 0 Å². The Kier molecular flexibility index (Phi) is 6.69. The highest BCUT2D eigenvalue weighted by atomic mass is 16.5. The number of amides is 3. The number of hydrogen-bond acceptors (Lipinski definition) is 5. The number of hydrogen-bond donors (Lipinski definition) is 3. The molecule has 156 valence electrons. The molecule has 30 heavy (non-hydrogen) atoms. The third-order valence-corrected chi connectivity index (χ3v) is 4.50. The molecule has 1 saturated carbocycles. The summed E-state index contributed by atoms with van der Waals surface area (Å²) in [6, 6.07) is 11.7. The Morgan fingerprint density at radius 1 is 0.933 bits per heavy atom. The number of benzene rings is 2. The molecule has 0 radical (unpaired) electrons. The largest absolute Gasteiger partial charge is 0.493 e. The molecule has 1 aliphatic rings. The molecular weight excluding hydrogens is 386 g/mol. The average Bonchev–Trinajstić information content (AvgIpc) is 3.62. The smallest absolute Gasteiger partial charge is 0.269 e. The van der Waals surface area contributed by atoms with Gasteiger partial charge >= 0.3 is 0 Å². The van der Waals surface area contributed by atoms with E-state index in [2.05, 4.69) is 16.2 Å². The van der Waals surface area contributed by atoms with E-state index in [1.807, 2.05) is 0 Å². The van der Waals surface area contributed by atoms with Crippen LogP contribution in [0.15, 0.2) is 48.5 Å². The Hall–Kier alpha value is -3.81. The topological polar surface area (TPSA) is 106 Å². The van der Waals surface area contributed by atoms with Crippen LogP contribution in [0.25, 0.3) is 6.08 Å². The lowest BCUT2D eigenvalue weighted by atomic mass is 10.2. The molecule has 0 heterocycles. The molecule has 0 bridgehead atoms. The first-order valence-corrected chi connectivity index (χ1v) is 9.41. The first-order chi connectivity index (χ1) is 14.5. The second-order valence-corrected chi connectivity index (χ2v) is 6.73. The molecule has 2 aromatic carbocycles. The molecule has 1 aliphatic carbocycles. The Morgan fingerprint density at radius 2 is 1.63 bits per heavy atom. The zero-order chi connectivity index (χ0) is 21.5. The number of anilines is 1. The SMILES string of the molecule is COc1ccc(C=CC(=O)NNC(=O)c2ccc(NC(=O)C3CC3)cc2)cc1OC. The quantitative estimate of drug-likeness (QED) is 0.481. The van der Waals surface area contributed by atoms with E-state index >= 15 is 0 Å². The lowest BCUT2D eigenvalue weighted by molar-refractivity contribution is -0.118. The summed E-state index contributed by atoms with van der Waals surface area (Å²) in [6.07, 6.45) is 4.72. The van der Waals surface area contributed by atoms with Gasteiger partial charge in [0.15, 0.2) is 11.5 Å². The molecular formula is C22H23N3O5. The maximum Gasteiger partial charge on any atom is 0.269 e. The highest BCUT2D eigenvalue weighted by molar-refractivity contribution is 5.99. The summed E-state index contributed by atoms with van der Waals surface area (Å²) in [5, 5.41) is 2.80. The van der Waals surface area contributed by atoms with Gasteiger partial charge in [0.25, 0.3) is 11.8 Å². The van der Waals surface area contributed by atoms with Crippen molar-refractivity contribution in [2.75, 3.05) is 19.5 Å². The fraction of sp³-hybridized carbons (Fsp3) is 0.227. The van der Waals surface area contributed by atoms with Gasteiger partial charge in [-0.1, -0.05) is 6.07 Å². The van der Waals surface area contributed by atoms with Crippen molar-refractivity contribution in [2.45, 2.75) is 12.8 Å². The van der Waals surface area contributed by atoms with Gasteiger partial charge < -0.3 is 14.8 Å². The highest BCUT2D eigenvalue weighted by Gasteiger charge is 2.29. The number of ether oxygens (including phenoxy) is 2. The van der Waals surface area contributed by atoms with Gasteiger partial charge in [-0.25, -0.2) is 0 Å². The van der Waals surface area contributed by atoms with Crippen LogP contribution in [0, 0.1) is 5.92 Å². The fourth-order valence-corrected chi connectivity index (χ4v) is 2.66. The Balaban J connectivity index is 1.49. The summed E-state index contributed by atoms with van der Waals surface area (Å²) in [5.41, 5.74) is 6.38. The van der Waals surface area contributed by atoms with Crippen molar-refractivity contribution in [3.05, 3.63) is 59.7 Å². The standard InChI is InChI=1S/C22H23N3O5/c1-29-18-11-3-14(13-19(18)30-2)4-12-20(26)24-25-22(28)16-7-9-17(10-8-16)23-21(27)15-5-6-15/h3-4,7-13,15H,5-6H2,1-2H3,(H,23,27)(H,24,26)(H,25,28). The van der Waals surface area contributed by atoms with Crippen molar-refractivity contribution in [3.8, 4) is 11.5 Å². The van der Waals surface area contributed by atoms with E-state index < -0.39 is 11.8 Å². The van der Waals surface area contributed by atoms with Crippen LogP contribution in [0.4, 0.5) is 5.69 Å². The Labute approximate surface area is 174 Å². The van der Waals surface area contributed by atoms with E-state index in [1.165, 1.54) is 13.2 Å². The maximum atomic E-state index is 12.2. The molecule has 3 rings (SSSR count). The second kappa shape index (κ2) is 9.60. The zero-order valence-electron chi connectivity index (χ0n) is 16.7. The summed E-state index contributed by atoms with van der Waals surface area (Å²) in [5.74, 6) is 0.278. The van der Waals surface area contributed by atoms with E-state index in [-0.39, 0.29) is 11.8 Å². The predicted octanol–water partition coefficient (Wildman–Crippen LogP) is 2.53. The van der Waals surface area contributed by atoms with E-state index in [4.69, 9.17) is 9.47 Å². The molecule has 3 amide bonds. The van der Waals surface area contributed by atoms with Gasteiger partial charge in [0.1, 0.15) is 0 Å². The van der Waals surface area contributed by atoms with Crippen molar-refractivity contribution < 1.29 is 23.9 Å². The van der Waals surface area contributed by atoms with Crippen molar-refractivity contribution >= 4 is 29.5 Å². The molecule has 0 aliphatic heterocycles. The molecule has 0 aromatic heterocycles. The van der Waals surface area contributed by atoms with Crippen molar-refractivity contribution in [1.82, 2.24) is 10.9 Å². The molecule has 2 aromatic rings. The minimum absolute atomic E-state index is 0.000678. The van der Waals surface area contributed by atoms with Crippen LogP contribution in [0.1, 0.15) is 28.8 Å². The monoisotopic (exact) mass is 409 g/mol. The van der Waals surface area contributed by atoms with Crippen LogP contribution in [0.2, 0.25) is 0 Å². The van der Waals surface area contributed by atoms with Crippen LogP contribution in [0.5, 0.6) is 11.5 Å². The fourth-order valence-electron chi connectivity index (χ4n) is 2.66. The summed E-state index contributed by atoms with van der Waals surface area (Å²) >= 11 is 0. The molecule has 0 spiro atoms. The summed E-state index contributed by atoms with van der Waals surface area (Å²) < 4.78 is 10.4. The summed E-state index contributed by atoms with van der Waals surface area (Å²) in [6.45, 7) is 0. The van der Waals surface area contributed by atoms with Crippen molar-refractivity contribution in [3.63, 3.8) is 0 Å². The number of carbonyl (C=O) groups excluding carboxylic acids is 3. The van der Waals surface area contributed by atoms with E-state index in [1.54, 1.807) is 55.7 Å². The number of carbonyl (C=O) groups is 3. The van der Waals surface area contributed by atoms with Gasteiger partial charge in [0.2, 0.25) is 5.91 Å². The van der Waals surface area contributed by atoms with Gasteiger partial charge in [-0.05, 0) is 60.9 Å². The van der Waals surface area contributed by atoms with Crippen LogP contribution in [0.3, 0.4) is 0 Å². The van der Waals surface area contributed by atoms with Gasteiger partial charge in [-0.15, -0.1) is 0 Å². The molecule has 3 N–H and O–H groups in total. The third-order valence-electron chi connectivity index (χ3n) is 4.50. The molecule has 0 saturated heterocycles. The van der Waals surface area contributed by atoms with E-state index in [0.29, 0.717) is 22.7 Å². The van der Waals surface area contributed by atoms with Crippen LogP contribution >= 0.6 is 0 Å². The number of hydrazine groups is 1. The minimum atomic E-state index is -0.494. The highest BCUT2D eigenvalue weighted by Crippen LogP contribution is 2.30. The van der Waals surface area contributed by atoms with Gasteiger partial charge in [-0.3, -0.25) is 25.2 Å². The average molecular weight is 409 g/mol. The molecule has 0 atom stereocenters. The number of rotatable bonds is 7. The van der Waals surface area contributed by atoms with Crippen LogP contribution < -0.4 is 25.6 Å². The van der Waals surface area contributed by atoms with Crippen molar-refractivity contribution in [2.24, 2.45) is 5.92 Å². The van der Waals surface area contributed by atoms with Gasteiger partial charge in [0.05, 0.1) is 14.2 Å². The van der Waals surface area contributed by atoms with Gasteiger partial charge in [-0.2, -0.15) is 0 Å². The predicted molar refractivity (Wildman–Crippen MR) is 112 cm³/mol. The lowest BCUT2D eigenvalue weighted by Crippen LogP contribution is -2.40. The Bertz CT molecular complexity index is 965. The zero-order valence-corrected chi connectivity index (χ0v) is 16.7. The lowest BCUT2D eigenvalue weighted by Gasteiger charge is -2.08. The molecule has 1 fully saturated rings. The normalized spacial score (nSPS) is 12.9. The summed E-state index contributed by atoms with van der Waals surface area (Å²) in [7, 11) is 3.07. The van der Waals surface area contributed by atoms with Crippen LogP contribution in [-0.2, 0) is 9.59 Å². The van der Waals surface area contributed by atoms with E-state index in [9.17, 15) is 14.4 Å². The Morgan fingerprint density at radius 3 is 2.27 bits per heavy atom. The van der Waals surface area contributed by atoms with Crippen LogP contribution in [-0.4, -0.2) is 31.9 Å². The third kappa shape index (κ3) is 5.60. The minimum Gasteiger partial charge on any atom is -0.493 e. The number of nitrogens with one attached hydrogen (secondary N) is 3. The molecule has 0 unspecified atom stereocenters. The maximum absolute atomic E-state index is 12.2. The summed E-state index contributed by atoms with van der Waals surface area (Å²) in [4.78, 5) is 35.9. The molecule has 8 heteroatoms. The second-order valence-electron chi connectivity index (χ2n) is 6.73. The molecule has 8 nitrogen and oxygen atoms in total. The first kappa shape index (κ1) is 20.9. The first-order valence-electron chi connectivity index (χ1n) is 9.41. The van der Waals surface area contributed by atoms with E-state index in [0.717, 1.165) is 18.4 Å². The number of methoxy groups -OCH3 is 2. The van der Waals surface area contributed by atoms with Gasteiger partial charge in [0, 0.05) is 23.2 Å².